The molecule has 0 bridgehead atoms. The molecule has 0 unspecified atom stereocenters. The third kappa shape index (κ3) is 5.69. The molecule has 0 amide bonds. The van der Waals surface area contributed by atoms with Crippen molar-refractivity contribution in [2.45, 2.75) is 71.6 Å². The zero-order chi connectivity index (χ0) is 31.5. The van der Waals surface area contributed by atoms with Gasteiger partial charge in [-0.05, 0) is 107 Å². The van der Waals surface area contributed by atoms with Crippen LogP contribution in [0.15, 0.2) is 73.1 Å². The molecule has 0 spiro atoms. The number of thiazole rings is 1. The molecule has 8 heteroatoms. The van der Waals surface area contributed by atoms with Gasteiger partial charge in [-0.25, -0.2) is 4.98 Å². The maximum absolute atomic E-state index is 13.1. The number of ketones is 1. The minimum Gasteiger partial charge on any atom is -0.360 e. The van der Waals surface area contributed by atoms with E-state index in [0.29, 0.717) is 11.1 Å². The fraction of sp³-hybridized carbons (Fsp3) is 0.297. The molecule has 1 saturated carbocycles. The van der Waals surface area contributed by atoms with Gasteiger partial charge in [0.05, 0.1) is 39.3 Å². The normalized spacial score (nSPS) is 14.6. The summed E-state index contributed by atoms with van der Waals surface area (Å²) >= 11 is 7.91. The maximum atomic E-state index is 13.1. The van der Waals surface area contributed by atoms with Gasteiger partial charge in [0.15, 0.2) is 5.78 Å². The van der Waals surface area contributed by atoms with Gasteiger partial charge in [0.1, 0.15) is 11.1 Å². The Bertz CT molecular complexity index is 2070. The number of benzene rings is 3. The number of hydrogen-bond acceptors (Lipinski definition) is 6. The van der Waals surface area contributed by atoms with Crippen LogP contribution in [0.2, 0.25) is 5.02 Å². The minimum absolute atomic E-state index is 0.0405. The van der Waals surface area contributed by atoms with Crippen LogP contribution in [0.5, 0.6) is 0 Å². The summed E-state index contributed by atoms with van der Waals surface area (Å²) in [6.45, 7) is 9.55. The van der Waals surface area contributed by atoms with Crippen LogP contribution < -0.4 is 0 Å². The topological polar surface area (TPSA) is 69.9 Å². The van der Waals surface area contributed by atoms with Crippen LogP contribution in [0, 0.1) is 6.92 Å². The van der Waals surface area contributed by atoms with E-state index in [9.17, 15) is 4.79 Å². The number of hydrogen-bond donors (Lipinski definition) is 0. The Morgan fingerprint density at radius 1 is 1.02 bits per heavy atom. The highest BCUT2D eigenvalue weighted by Gasteiger charge is 2.30. The maximum Gasteiger partial charge on any atom is 0.163 e. The van der Waals surface area contributed by atoms with Crippen LogP contribution in [-0.4, -0.2) is 31.1 Å². The van der Waals surface area contributed by atoms with E-state index in [4.69, 9.17) is 26.3 Å². The zero-order valence-corrected chi connectivity index (χ0v) is 27.7. The number of ether oxygens (including phenoxy) is 1. The van der Waals surface area contributed by atoms with Crippen molar-refractivity contribution < 1.29 is 9.53 Å². The molecule has 1 aliphatic carbocycles. The summed E-state index contributed by atoms with van der Waals surface area (Å²) in [6.07, 6.45) is 6.76. The molecule has 45 heavy (non-hydrogen) atoms. The fourth-order valence-corrected chi connectivity index (χ4v) is 7.38. The van der Waals surface area contributed by atoms with Crippen LogP contribution in [0.4, 0.5) is 0 Å². The second-order valence-electron chi connectivity index (χ2n) is 13.0. The Morgan fingerprint density at radius 3 is 2.47 bits per heavy atom. The van der Waals surface area contributed by atoms with Crippen molar-refractivity contribution in [3.05, 3.63) is 89.2 Å². The Balaban J connectivity index is 1.34. The summed E-state index contributed by atoms with van der Waals surface area (Å²) in [7, 11) is 0. The summed E-state index contributed by atoms with van der Waals surface area (Å²) in [6, 6.07) is 20.9. The average molecular weight is 635 g/mol. The van der Waals surface area contributed by atoms with Crippen molar-refractivity contribution in [2.24, 2.45) is 0 Å². The number of Topliss-reactive ketones (excluding diaryl/α,β-unsaturated/α-hetero) is 1. The third-order valence-electron chi connectivity index (χ3n) is 8.48. The van der Waals surface area contributed by atoms with Crippen LogP contribution in [0.25, 0.3) is 54.1 Å². The standard InChI is InChI=1S/C37H35ClN4O2S/c1-21-17-30-35(33(23-9-12-27(38)13-10-23)32(21)34(22(2)43)44-37(3,4)5)45-36(41-30)25-15-16-39-29(19-25)24-11-14-31-26(18-24)20-40-42(31)28-7-6-8-28/h9-20,28,34H,6-8H2,1-5H3/t34-/m1/s1. The molecule has 1 fully saturated rings. The van der Waals surface area contributed by atoms with Crippen molar-refractivity contribution in [1.82, 2.24) is 19.7 Å². The van der Waals surface area contributed by atoms with Crippen LogP contribution >= 0.6 is 22.9 Å². The number of carbonyl (C=O) groups excluding carboxylic acids is 1. The second-order valence-corrected chi connectivity index (χ2v) is 14.4. The van der Waals surface area contributed by atoms with E-state index >= 15 is 0 Å². The molecule has 0 saturated heterocycles. The van der Waals surface area contributed by atoms with Crippen molar-refractivity contribution in [2.75, 3.05) is 0 Å². The first-order chi connectivity index (χ1) is 21.6. The molecule has 1 atom stereocenters. The van der Waals surface area contributed by atoms with Gasteiger partial charge in [-0.1, -0.05) is 29.8 Å². The van der Waals surface area contributed by atoms with E-state index in [2.05, 4.69) is 40.1 Å². The van der Waals surface area contributed by atoms with Crippen LogP contribution in [-0.2, 0) is 9.53 Å². The average Bonchev–Trinajstić information content (AvgIpc) is 3.59. The van der Waals surface area contributed by atoms with Crippen molar-refractivity contribution in [1.29, 1.82) is 0 Å². The van der Waals surface area contributed by atoms with E-state index in [0.717, 1.165) is 59.7 Å². The molecule has 0 aliphatic heterocycles. The monoisotopic (exact) mass is 634 g/mol. The van der Waals surface area contributed by atoms with E-state index in [1.165, 1.54) is 24.8 Å². The summed E-state index contributed by atoms with van der Waals surface area (Å²) in [5.41, 5.74) is 8.20. The lowest BCUT2D eigenvalue weighted by atomic mass is 9.90. The zero-order valence-electron chi connectivity index (χ0n) is 26.1. The van der Waals surface area contributed by atoms with Gasteiger partial charge >= 0.3 is 0 Å². The Hall–Kier alpha value is -3.91. The molecule has 1 aliphatic rings. The summed E-state index contributed by atoms with van der Waals surface area (Å²) in [5.74, 6) is -0.0405. The number of aromatic nitrogens is 4. The number of fused-ring (bicyclic) bond motifs is 2. The Labute approximate surface area is 272 Å². The van der Waals surface area contributed by atoms with Crippen molar-refractivity contribution in [3.8, 4) is 33.0 Å². The Morgan fingerprint density at radius 2 is 1.78 bits per heavy atom. The molecular formula is C37H35ClN4O2S. The SMILES string of the molecule is CC(=O)[C@@H](OC(C)(C)C)c1c(C)cc2nc(-c3ccnc(-c4ccc5c(cnn5C5CCC5)c4)c3)sc2c1-c1ccc(Cl)cc1. The number of carbonyl (C=O) groups is 1. The molecule has 0 N–H and O–H groups in total. The van der Waals surface area contributed by atoms with Gasteiger partial charge in [0, 0.05) is 38.9 Å². The highest BCUT2D eigenvalue weighted by molar-refractivity contribution is 7.22. The lowest BCUT2D eigenvalue weighted by Gasteiger charge is -2.29. The molecule has 0 radical (unpaired) electrons. The van der Waals surface area contributed by atoms with E-state index < -0.39 is 11.7 Å². The summed E-state index contributed by atoms with van der Waals surface area (Å²) in [4.78, 5) is 23.0. The van der Waals surface area contributed by atoms with Crippen LogP contribution in [0.1, 0.15) is 70.2 Å². The quantitative estimate of drug-likeness (QED) is 0.175. The largest absolute Gasteiger partial charge is 0.360 e. The van der Waals surface area contributed by atoms with E-state index in [1.54, 1.807) is 18.3 Å². The molecule has 6 nitrogen and oxygen atoms in total. The highest BCUT2D eigenvalue weighted by Crippen LogP contribution is 2.45. The highest BCUT2D eigenvalue weighted by atomic mass is 35.5. The number of aryl methyl sites for hydroxylation is 1. The first-order valence-corrected chi connectivity index (χ1v) is 16.6. The molecular weight excluding hydrogens is 600 g/mol. The Kier molecular flexibility index (Phi) is 7.59. The fourth-order valence-electron chi connectivity index (χ4n) is 6.13. The number of nitrogens with zero attached hydrogens (tertiary/aromatic N) is 4. The summed E-state index contributed by atoms with van der Waals surface area (Å²) < 4.78 is 9.58. The lowest BCUT2D eigenvalue weighted by Crippen LogP contribution is -2.27. The van der Waals surface area contributed by atoms with Gasteiger partial charge in [0.2, 0.25) is 0 Å². The van der Waals surface area contributed by atoms with E-state index in [1.807, 2.05) is 70.4 Å². The molecule has 3 heterocycles. The van der Waals surface area contributed by atoms with Gasteiger partial charge in [-0.2, -0.15) is 5.10 Å². The lowest BCUT2D eigenvalue weighted by molar-refractivity contribution is -0.138. The van der Waals surface area contributed by atoms with Gasteiger partial charge in [-0.3, -0.25) is 14.5 Å². The molecule has 6 aromatic rings. The number of halogens is 1. The smallest absolute Gasteiger partial charge is 0.163 e. The molecule has 228 valence electrons. The first-order valence-electron chi connectivity index (χ1n) is 15.4. The van der Waals surface area contributed by atoms with Crippen molar-refractivity contribution in [3.63, 3.8) is 0 Å². The number of rotatable bonds is 7. The summed E-state index contributed by atoms with van der Waals surface area (Å²) in [5, 5.41) is 7.35. The van der Waals surface area contributed by atoms with Crippen LogP contribution in [0.3, 0.4) is 0 Å². The van der Waals surface area contributed by atoms with E-state index in [-0.39, 0.29) is 5.78 Å². The van der Waals surface area contributed by atoms with Crippen molar-refractivity contribution >= 4 is 49.8 Å². The third-order valence-corrected chi connectivity index (χ3v) is 9.87. The molecule has 7 rings (SSSR count). The first kappa shape index (κ1) is 29.8. The van der Waals surface area contributed by atoms with Gasteiger partial charge in [0.25, 0.3) is 0 Å². The molecule has 3 aromatic carbocycles. The van der Waals surface area contributed by atoms with Gasteiger partial charge in [-0.15, -0.1) is 11.3 Å². The minimum atomic E-state index is -0.721. The predicted octanol–water partition coefficient (Wildman–Crippen LogP) is 10.2. The van der Waals surface area contributed by atoms with Gasteiger partial charge < -0.3 is 4.74 Å². The second kappa shape index (κ2) is 11.5. The number of pyridine rings is 1. The predicted molar refractivity (Wildman–Crippen MR) is 184 cm³/mol. The molecule has 3 aromatic heterocycles.